The quantitative estimate of drug-likeness (QED) is 0.806. The Hall–Kier alpha value is -1.06. The van der Waals surface area contributed by atoms with E-state index < -0.39 is 0 Å². The average molecular weight is 276 g/mol. The third-order valence-corrected chi connectivity index (χ3v) is 6.08. The molecule has 1 heterocycles. The van der Waals surface area contributed by atoms with Crippen molar-refractivity contribution in [2.75, 3.05) is 0 Å². The molecule has 4 aliphatic carbocycles. The molecule has 5 aliphatic rings. The molecule has 4 heteroatoms. The SMILES string of the molecule is CCCC1NC(=O)N(C23CC4CC(CC(C4)C2)C3)C1=O. The summed E-state index contributed by atoms with van der Waals surface area (Å²) in [4.78, 5) is 26.7. The fourth-order valence-electron chi connectivity index (χ4n) is 5.80. The molecule has 4 bridgehead atoms. The van der Waals surface area contributed by atoms with E-state index in [2.05, 4.69) is 12.2 Å². The van der Waals surface area contributed by atoms with Gasteiger partial charge in [-0.05, 0) is 62.7 Å². The Balaban J connectivity index is 1.63. The van der Waals surface area contributed by atoms with E-state index in [1.165, 1.54) is 19.3 Å². The van der Waals surface area contributed by atoms with Gasteiger partial charge in [0.2, 0.25) is 0 Å². The number of hydrogen-bond acceptors (Lipinski definition) is 2. The van der Waals surface area contributed by atoms with Gasteiger partial charge in [0.15, 0.2) is 0 Å². The van der Waals surface area contributed by atoms with Crippen molar-refractivity contribution in [1.29, 1.82) is 0 Å². The molecule has 3 amide bonds. The zero-order valence-corrected chi connectivity index (χ0v) is 12.2. The minimum absolute atomic E-state index is 0.0544. The topological polar surface area (TPSA) is 49.4 Å². The van der Waals surface area contributed by atoms with Crippen LogP contribution in [0, 0.1) is 17.8 Å². The standard InChI is InChI=1S/C16H24N2O2/c1-2-3-13-14(19)18(15(20)17-13)16-7-10-4-11(8-16)6-12(5-10)9-16/h10-13H,2-9H2,1H3,(H,17,20). The molecule has 110 valence electrons. The Labute approximate surface area is 120 Å². The van der Waals surface area contributed by atoms with Crippen LogP contribution in [0.5, 0.6) is 0 Å². The summed E-state index contributed by atoms with van der Waals surface area (Å²) < 4.78 is 0. The van der Waals surface area contributed by atoms with Gasteiger partial charge in [0, 0.05) is 0 Å². The molecule has 5 rings (SSSR count). The van der Waals surface area contributed by atoms with Gasteiger partial charge in [0.25, 0.3) is 5.91 Å². The molecule has 1 aliphatic heterocycles. The summed E-state index contributed by atoms with van der Waals surface area (Å²) in [7, 11) is 0. The zero-order valence-electron chi connectivity index (χ0n) is 12.2. The Bertz CT molecular complexity index is 424. The van der Waals surface area contributed by atoms with Crippen LogP contribution in [0.4, 0.5) is 4.79 Å². The lowest BCUT2D eigenvalue weighted by Crippen LogP contribution is -2.61. The van der Waals surface area contributed by atoms with E-state index in [9.17, 15) is 9.59 Å². The van der Waals surface area contributed by atoms with Crippen LogP contribution in [-0.2, 0) is 4.79 Å². The number of rotatable bonds is 3. The first-order valence-electron chi connectivity index (χ1n) is 8.26. The lowest BCUT2D eigenvalue weighted by atomic mass is 9.52. The van der Waals surface area contributed by atoms with E-state index in [1.807, 2.05) is 0 Å². The van der Waals surface area contributed by atoms with Crippen molar-refractivity contribution >= 4 is 11.9 Å². The second-order valence-electron chi connectivity index (χ2n) is 7.61. The van der Waals surface area contributed by atoms with Crippen molar-refractivity contribution in [2.45, 2.75) is 69.9 Å². The summed E-state index contributed by atoms with van der Waals surface area (Å²) in [6.07, 6.45) is 8.91. The maximum Gasteiger partial charge on any atom is 0.325 e. The Kier molecular flexibility index (Phi) is 2.67. The van der Waals surface area contributed by atoms with Crippen molar-refractivity contribution in [2.24, 2.45) is 17.8 Å². The van der Waals surface area contributed by atoms with Gasteiger partial charge in [-0.2, -0.15) is 0 Å². The molecule has 4 saturated carbocycles. The molecule has 0 radical (unpaired) electrons. The molecule has 5 fully saturated rings. The molecule has 0 aromatic rings. The van der Waals surface area contributed by atoms with Crippen molar-refractivity contribution in [1.82, 2.24) is 10.2 Å². The van der Waals surface area contributed by atoms with Gasteiger partial charge in [0.1, 0.15) is 6.04 Å². The Morgan fingerprint density at radius 3 is 2.15 bits per heavy atom. The van der Waals surface area contributed by atoms with E-state index in [0.717, 1.165) is 49.9 Å². The summed E-state index contributed by atoms with van der Waals surface area (Å²) in [5, 5.41) is 2.92. The molecule has 20 heavy (non-hydrogen) atoms. The van der Waals surface area contributed by atoms with E-state index >= 15 is 0 Å². The van der Waals surface area contributed by atoms with Crippen molar-refractivity contribution in [3.63, 3.8) is 0 Å². The molecule has 1 N–H and O–H groups in total. The molecular weight excluding hydrogens is 252 g/mol. The van der Waals surface area contributed by atoms with Crippen LogP contribution in [0.25, 0.3) is 0 Å². The fraction of sp³-hybridized carbons (Fsp3) is 0.875. The summed E-state index contributed by atoms with van der Waals surface area (Å²) >= 11 is 0. The number of amides is 3. The van der Waals surface area contributed by atoms with Gasteiger partial charge in [-0.1, -0.05) is 13.3 Å². The molecular formula is C16H24N2O2. The van der Waals surface area contributed by atoms with Gasteiger partial charge in [-0.25, -0.2) is 4.79 Å². The average Bonchev–Trinajstić information content (AvgIpc) is 2.63. The maximum atomic E-state index is 12.7. The van der Waals surface area contributed by atoms with Crippen molar-refractivity contribution in [3.05, 3.63) is 0 Å². The van der Waals surface area contributed by atoms with E-state index in [0.29, 0.717) is 0 Å². The fourth-order valence-corrected chi connectivity index (χ4v) is 5.80. The summed E-state index contributed by atoms with van der Waals surface area (Å²) in [5.41, 5.74) is -0.127. The van der Waals surface area contributed by atoms with E-state index in [1.54, 1.807) is 4.90 Å². The smallest absolute Gasteiger partial charge is 0.325 e. The van der Waals surface area contributed by atoms with Crippen molar-refractivity contribution < 1.29 is 9.59 Å². The minimum Gasteiger partial charge on any atom is -0.326 e. The molecule has 1 saturated heterocycles. The zero-order chi connectivity index (χ0) is 13.9. The van der Waals surface area contributed by atoms with Gasteiger partial charge in [0.05, 0.1) is 5.54 Å². The Morgan fingerprint density at radius 1 is 1.10 bits per heavy atom. The van der Waals surface area contributed by atoms with E-state index in [-0.39, 0.29) is 23.5 Å². The van der Waals surface area contributed by atoms with Crippen LogP contribution in [0.1, 0.15) is 58.3 Å². The summed E-state index contributed by atoms with van der Waals surface area (Å²) in [6, 6.07) is -0.379. The van der Waals surface area contributed by atoms with Crippen LogP contribution in [0.15, 0.2) is 0 Å². The van der Waals surface area contributed by atoms with Gasteiger partial charge >= 0.3 is 6.03 Å². The highest BCUT2D eigenvalue weighted by Crippen LogP contribution is 2.58. The van der Waals surface area contributed by atoms with Crippen LogP contribution >= 0.6 is 0 Å². The Morgan fingerprint density at radius 2 is 1.65 bits per heavy atom. The lowest BCUT2D eigenvalue weighted by molar-refractivity contribution is -0.141. The second kappa shape index (κ2) is 4.22. The maximum absolute atomic E-state index is 12.7. The highest BCUT2D eigenvalue weighted by atomic mass is 16.2. The summed E-state index contributed by atoms with van der Waals surface area (Å²) in [6.45, 7) is 2.06. The second-order valence-corrected chi connectivity index (χ2v) is 7.61. The first-order valence-corrected chi connectivity index (χ1v) is 8.26. The van der Waals surface area contributed by atoms with Gasteiger partial charge in [-0.15, -0.1) is 0 Å². The number of hydrogen-bond donors (Lipinski definition) is 1. The molecule has 4 nitrogen and oxygen atoms in total. The normalized spacial score (nSPS) is 46.1. The molecule has 1 unspecified atom stereocenters. The number of nitrogens with one attached hydrogen (secondary N) is 1. The highest BCUT2D eigenvalue weighted by Gasteiger charge is 2.58. The van der Waals surface area contributed by atoms with Crippen LogP contribution in [-0.4, -0.2) is 28.4 Å². The number of nitrogens with zero attached hydrogens (tertiary/aromatic N) is 1. The van der Waals surface area contributed by atoms with Crippen molar-refractivity contribution in [3.8, 4) is 0 Å². The molecule has 0 aromatic heterocycles. The third kappa shape index (κ3) is 1.66. The lowest BCUT2D eigenvalue weighted by Gasteiger charge is -2.58. The number of imide groups is 1. The largest absolute Gasteiger partial charge is 0.326 e. The van der Waals surface area contributed by atoms with Crippen LogP contribution in [0.3, 0.4) is 0 Å². The van der Waals surface area contributed by atoms with E-state index in [4.69, 9.17) is 0 Å². The third-order valence-electron chi connectivity index (χ3n) is 6.08. The van der Waals surface area contributed by atoms with Gasteiger partial charge < -0.3 is 5.32 Å². The highest BCUT2D eigenvalue weighted by molar-refractivity contribution is 6.05. The van der Waals surface area contributed by atoms with Crippen LogP contribution in [0.2, 0.25) is 0 Å². The monoisotopic (exact) mass is 276 g/mol. The number of carbonyl (C=O) groups is 2. The summed E-state index contributed by atoms with van der Waals surface area (Å²) in [5.74, 6) is 2.32. The minimum atomic E-state index is -0.263. The first-order chi connectivity index (χ1) is 9.61. The molecule has 0 spiro atoms. The predicted molar refractivity (Wildman–Crippen MR) is 75.0 cm³/mol. The number of carbonyl (C=O) groups excluding carboxylic acids is 2. The predicted octanol–water partition coefficient (Wildman–Crippen LogP) is 2.68. The first kappa shape index (κ1) is 12.7. The van der Waals surface area contributed by atoms with Crippen LogP contribution < -0.4 is 5.32 Å². The number of urea groups is 1. The molecule has 1 atom stereocenters. The molecule has 0 aromatic carbocycles. The van der Waals surface area contributed by atoms with Gasteiger partial charge in [-0.3, -0.25) is 9.69 Å².